The zero-order chi connectivity index (χ0) is 12.3. The van der Waals surface area contributed by atoms with Crippen LogP contribution in [0.4, 0.5) is 5.69 Å². The first-order valence-electron chi connectivity index (χ1n) is 6.30. The highest BCUT2D eigenvalue weighted by Crippen LogP contribution is 2.25. The minimum Gasteiger partial charge on any atom is -0.496 e. The van der Waals surface area contributed by atoms with Crippen LogP contribution in [0.1, 0.15) is 31.2 Å². The van der Waals surface area contributed by atoms with E-state index in [0.29, 0.717) is 0 Å². The van der Waals surface area contributed by atoms with Crippen LogP contribution in [0.15, 0.2) is 18.2 Å². The van der Waals surface area contributed by atoms with Gasteiger partial charge in [-0.15, -0.1) is 0 Å². The van der Waals surface area contributed by atoms with Gasteiger partial charge in [0.2, 0.25) is 0 Å². The molecule has 1 fully saturated rings. The molecule has 1 aliphatic rings. The minimum atomic E-state index is -0.217. The van der Waals surface area contributed by atoms with Gasteiger partial charge in [0, 0.05) is 5.69 Å². The lowest BCUT2D eigenvalue weighted by molar-refractivity contribution is 0.116. The average molecular weight is 235 g/mol. The summed E-state index contributed by atoms with van der Waals surface area (Å²) in [6.07, 6.45) is 4.08. The standard InChI is InChI=1S/C14H21NO2/c1-10-9-11(7-8-14(10)17-2)15-12-5-3-4-6-13(12)16/h7-9,12-13,15-16H,3-6H2,1-2H3/t12-,13-/m1/s1. The number of benzene rings is 1. The number of rotatable bonds is 3. The predicted octanol–water partition coefficient (Wildman–Crippen LogP) is 2.72. The molecule has 17 heavy (non-hydrogen) atoms. The van der Waals surface area contributed by atoms with E-state index in [-0.39, 0.29) is 12.1 Å². The molecular formula is C14H21NO2. The number of nitrogens with one attached hydrogen (secondary N) is 1. The summed E-state index contributed by atoms with van der Waals surface area (Å²) in [7, 11) is 1.68. The summed E-state index contributed by atoms with van der Waals surface area (Å²) in [5.74, 6) is 0.903. The van der Waals surface area contributed by atoms with Crippen LogP contribution < -0.4 is 10.1 Å². The fraction of sp³-hybridized carbons (Fsp3) is 0.571. The Hall–Kier alpha value is -1.22. The molecule has 2 rings (SSSR count). The highest BCUT2D eigenvalue weighted by atomic mass is 16.5. The Morgan fingerprint density at radius 1 is 1.29 bits per heavy atom. The summed E-state index contributed by atoms with van der Waals surface area (Å²) in [5.41, 5.74) is 2.18. The van der Waals surface area contributed by atoms with Crippen molar-refractivity contribution in [2.45, 2.75) is 44.8 Å². The van der Waals surface area contributed by atoms with Crippen molar-refractivity contribution in [3.63, 3.8) is 0 Å². The van der Waals surface area contributed by atoms with Crippen LogP contribution in [0.25, 0.3) is 0 Å². The van der Waals surface area contributed by atoms with E-state index < -0.39 is 0 Å². The highest BCUT2D eigenvalue weighted by molar-refractivity contribution is 5.51. The minimum absolute atomic E-state index is 0.191. The maximum atomic E-state index is 9.91. The van der Waals surface area contributed by atoms with E-state index in [0.717, 1.165) is 36.3 Å². The van der Waals surface area contributed by atoms with E-state index in [1.807, 2.05) is 19.1 Å². The van der Waals surface area contributed by atoms with Gasteiger partial charge < -0.3 is 15.2 Å². The van der Waals surface area contributed by atoms with Crippen LogP contribution in [-0.4, -0.2) is 24.4 Å². The van der Waals surface area contributed by atoms with Gasteiger partial charge in [-0.25, -0.2) is 0 Å². The van der Waals surface area contributed by atoms with Crippen molar-refractivity contribution in [2.24, 2.45) is 0 Å². The second-order valence-electron chi connectivity index (χ2n) is 4.79. The van der Waals surface area contributed by atoms with Gasteiger partial charge in [0.05, 0.1) is 19.3 Å². The fourth-order valence-corrected chi connectivity index (χ4v) is 2.46. The van der Waals surface area contributed by atoms with Crippen molar-refractivity contribution in [3.8, 4) is 5.75 Å². The molecule has 0 aliphatic heterocycles. The van der Waals surface area contributed by atoms with Gasteiger partial charge in [-0.2, -0.15) is 0 Å². The third-order valence-corrected chi connectivity index (χ3v) is 3.48. The van der Waals surface area contributed by atoms with E-state index in [4.69, 9.17) is 4.74 Å². The molecule has 0 heterocycles. The Kier molecular flexibility index (Phi) is 3.89. The number of aryl methyl sites for hydroxylation is 1. The van der Waals surface area contributed by atoms with Crippen molar-refractivity contribution in [1.82, 2.24) is 0 Å². The van der Waals surface area contributed by atoms with E-state index >= 15 is 0 Å². The normalized spacial score (nSPS) is 24.4. The fourth-order valence-electron chi connectivity index (χ4n) is 2.46. The zero-order valence-corrected chi connectivity index (χ0v) is 10.6. The summed E-state index contributed by atoms with van der Waals surface area (Å²) in [6.45, 7) is 2.03. The number of anilines is 1. The summed E-state index contributed by atoms with van der Waals surface area (Å²) < 4.78 is 5.23. The number of hydrogen-bond donors (Lipinski definition) is 2. The smallest absolute Gasteiger partial charge is 0.121 e. The molecule has 1 saturated carbocycles. The van der Waals surface area contributed by atoms with Crippen LogP contribution in [-0.2, 0) is 0 Å². The average Bonchev–Trinajstić information content (AvgIpc) is 2.32. The van der Waals surface area contributed by atoms with Gasteiger partial charge in [-0.1, -0.05) is 12.8 Å². The van der Waals surface area contributed by atoms with Crippen molar-refractivity contribution in [1.29, 1.82) is 0 Å². The zero-order valence-electron chi connectivity index (χ0n) is 10.6. The van der Waals surface area contributed by atoms with Crippen molar-refractivity contribution in [2.75, 3.05) is 12.4 Å². The van der Waals surface area contributed by atoms with Crippen molar-refractivity contribution < 1.29 is 9.84 Å². The molecule has 1 aromatic carbocycles. The number of methoxy groups -OCH3 is 1. The van der Waals surface area contributed by atoms with Gasteiger partial charge in [0.15, 0.2) is 0 Å². The van der Waals surface area contributed by atoms with Crippen LogP contribution in [0, 0.1) is 6.92 Å². The second kappa shape index (κ2) is 5.41. The van der Waals surface area contributed by atoms with Crippen LogP contribution >= 0.6 is 0 Å². The lowest BCUT2D eigenvalue weighted by Gasteiger charge is -2.29. The molecule has 0 bridgehead atoms. The monoisotopic (exact) mass is 235 g/mol. The van der Waals surface area contributed by atoms with Gasteiger partial charge >= 0.3 is 0 Å². The Morgan fingerprint density at radius 3 is 2.71 bits per heavy atom. The maximum absolute atomic E-state index is 9.91. The lowest BCUT2D eigenvalue weighted by atomic mass is 9.92. The summed E-state index contributed by atoms with van der Waals surface area (Å²) in [5, 5.41) is 13.3. The molecular weight excluding hydrogens is 214 g/mol. The van der Waals surface area contributed by atoms with Crippen LogP contribution in [0.3, 0.4) is 0 Å². The van der Waals surface area contributed by atoms with Gasteiger partial charge in [0.25, 0.3) is 0 Å². The Balaban J connectivity index is 2.05. The Labute approximate surface area is 103 Å². The molecule has 94 valence electrons. The van der Waals surface area contributed by atoms with Gasteiger partial charge in [-0.05, 0) is 43.5 Å². The topological polar surface area (TPSA) is 41.5 Å². The van der Waals surface area contributed by atoms with E-state index in [1.54, 1.807) is 7.11 Å². The highest BCUT2D eigenvalue weighted by Gasteiger charge is 2.22. The number of ether oxygens (including phenoxy) is 1. The third kappa shape index (κ3) is 2.91. The van der Waals surface area contributed by atoms with E-state index in [9.17, 15) is 5.11 Å². The molecule has 2 N–H and O–H groups in total. The molecule has 1 aromatic rings. The van der Waals surface area contributed by atoms with Crippen molar-refractivity contribution >= 4 is 5.69 Å². The van der Waals surface area contributed by atoms with Crippen molar-refractivity contribution in [3.05, 3.63) is 23.8 Å². The SMILES string of the molecule is COc1ccc(N[C@@H]2CCCC[C@H]2O)cc1C. The lowest BCUT2D eigenvalue weighted by Crippen LogP contribution is -2.36. The van der Waals surface area contributed by atoms with E-state index in [1.165, 1.54) is 6.42 Å². The number of hydrogen-bond acceptors (Lipinski definition) is 3. The van der Waals surface area contributed by atoms with Crippen LogP contribution in [0.2, 0.25) is 0 Å². The Bertz CT molecular complexity index is 378. The molecule has 3 heteroatoms. The van der Waals surface area contributed by atoms with Gasteiger partial charge in [0.1, 0.15) is 5.75 Å². The van der Waals surface area contributed by atoms with Crippen LogP contribution in [0.5, 0.6) is 5.75 Å². The summed E-state index contributed by atoms with van der Waals surface area (Å²) in [6, 6.07) is 6.23. The second-order valence-corrected chi connectivity index (χ2v) is 4.79. The predicted molar refractivity (Wildman–Crippen MR) is 69.6 cm³/mol. The number of aliphatic hydroxyl groups excluding tert-OH is 1. The quantitative estimate of drug-likeness (QED) is 0.846. The van der Waals surface area contributed by atoms with Gasteiger partial charge in [-0.3, -0.25) is 0 Å². The molecule has 2 atom stereocenters. The van der Waals surface area contributed by atoms with E-state index in [2.05, 4.69) is 11.4 Å². The first-order chi connectivity index (χ1) is 8.20. The molecule has 1 aliphatic carbocycles. The molecule has 3 nitrogen and oxygen atoms in total. The summed E-state index contributed by atoms with van der Waals surface area (Å²) >= 11 is 0. The first-order valence-corrected chi connectivity index (χ1v) is 6.30. The molecule has 0 unspecified atom stereocenters. The maximum Gasteiger partial charge on any atom is 0.121 e. The largest absolute Gasteiger partial charge is 0.496 e. The molecule has 0 aromatic heterocycles. The molecule has 0 saturated heterocycles. The molecule has 0 amide bonds. The third-order valence-electron chi connectivity index (χ3n) is 3.48. The molecule has 0 spiro atoms. The Morgan fingerprint density at radius 2 is 2.06 bits per heavy atom. The number of aliphatic hydroxyl groups is 1. The first kappa shape index (κ1) is 12.2. The summed E-state index contributed by atoms with van der Waals surface area (Å²) in [4.78, 5) is 0. The molecule has 0 radical (unpaired) electrons.